The van der Waals surface area contributed by atoms with Gasteiger partial charge in [0.25, 0.3) is 0 Å². The first-order valence-electron chi connectivity index (χ1n) is 7.19. The highest BCUT2D eigenvalue weighted by atomic mass is 16.2. The van der Waals surface area contributed by atoms with Crippen molar-refractivity contribution < 1.29 is 4.79 Å². The van der Waals surface area contributed by atoms with E-state index in [0.29, 0.717) is 0 Å². The zero-order valence-corrected chi connectivity index (χ0v) is 12.9. The molecule has 1 N–H and O–H groups in total. The molecule has 1 aliphatic rings. The van der Waals surface area contributed by atoms with Crippen molar-refractivity contribution in [2.24, 2.45) is 0 Å². The van der Waals surface area contributed by atoms with Crippen molar-refractivity contribution in [1.29, 1.82) is 0 Å². The molecule has 110 valence electrons. The molecular formula is C16H25N3O. The summed E-state index contributed by atoms with van der Waals surface area (Å²) in [5.74, 6) is 0.168. The van der Waals surface area contributed by atoms with Crippen molar-refractivity contribution >= 4 is 5.91 Å². The average Bonchev–Trinajstić information content (AvgIpc) is 2.47. The quantitative estimate of drug-likeness (QED) is 0.908. The lowest BCUT2D eigenvalue weighted by molar-refractivity contribution is -0.142. The van der Waals surface area contributed by atoms with Gasteiger partial charge in [0, 0.05) is 19.6 Å². The van der Waals surface area contributed by atoms with E-state index in [4.69, 9.17) is 0 Å². The third-order valence-corrected chi connectivity index (χ3v) is 4.19. The largest absolute Gasteiger partial charge is 0.331 e. The number of hydrogen-bond donors (Lipinski definition) is 1. The minimum absolute atomic E-state index is 0.134. The molecule has 20 heavy (non-hydrogen) atoms. The number of carbonyl (C=O) groups excluding carboxylic acids is 1. The number of carbonyl (C=O) groups is 1. The van der Waals surface area contributed by atoms with E-state index in [0.717, 1.165) is 19.6 Å². The second-order valence-corrected chi connectivity index (χ2v) is 6.06. The molecule has 0 saturated carbocycles. The number of likely N-dealkylation sites (N-methyl/N-ethyl adjacent to an activating group) is 2. The molecule has 1 heterocycles. The predicted octanol–water partition coefficient (Wildman–Crippen LogP) is 1.50. The van der Waals surface area contributed by atoms with Crippen LogP contribution in [-0.2, 0) is 4.79 Å². The molecule has 0 bridgehead atoms. The Morgan fingerprint density at radius 2 is 1.90 bits per heavy atom. The maximum atomic E-state index is 12.8. The van der Waals surface area contributed by atoms with Crippen LogP contribution in [0.4, 0.5) is 0 Å². The van der Waals surface area contributed by atoms with Gasteiger partial charge < -0.3 is 15.1 Å². The van der Waals surface area contributed by atoms with Gasteiger partial charge in [-0.3, -0.25) is 4.79 Å². The third-order valence-electron chi connectivity index (χ3n) is 4.19. The second-order valence-electron chi connectivity index (χ2n) is 6.06. The van der Waals surface area contributed by atoms with E-state index in [1.807, 2.05) is 44.0 Å². The predicted molar refractivity (Wildman–Crippen MR) is 81.5 cm³/mol. The van der Waals surface area contributed by atoms with Crippen LogP contribution in [0.25, 0.3) is 0 Å². The van der Waals surface area contributed by atoms with Gasteiger partial charge in [-0.15, -0.1) is 0 Å². The normalized spacial score (nSPS) is 21.0. The minimum Gasteiger partial charge on any atom is -0.331 e. The molecule has 2 rings (SSSR count). The van der Waals surface area contributed by atoms with E-state index in [-0.39, 0.29) is 11.9 Å². The lowest BCUT2D eigenvalue weighted by atomic mass is 9.97. The first-order chi connectivity index (χ1) is 9.45. The fourth-order valence-corrected chi connectivity index (χ4v) is 2.59. The van der Waals surface area contributed by atoms with Gasteiger partial charge in [0.15, 0.2) is 0 Å². The highest BCUT2D eigenvalue weighted by Gasteiger charge is 2.37. The average molecular weight is 275 g/mol. The van der Waals surface area contributed by atoms with Gasteiger partial charge in [-0.05, 0) is 33.5 Å². The fraction of sp³-hybridized carbons (Fsp3) is 0.562. The number of piperazine rings is 1. The van der Waals surface area contributed by atoms with Gasteiger partial charge in [0.1, 0.15) is 0 Å². The van der Waals surface area contributed by atoms with E-state index in [9.17, 15) is 4.79 Å². The molecule has 1 aromatic rings. The Balaban J connectivity index is 2.28. The van der Waals surface area contributed by atoms with E-state index in [1.54, 1.807) is 0 Å². The molecule has 1 aromatic carbocycles. The first-order valence-corrected chi connectivity index (χ1v) is 7.19. The fourth-order valence-electron chi connectivity index (χ4n) is 2.59. The van der Waals surface area contributed by atoms with E-state index in [1.165, 1.54) is 5.56 Å². The number of nitrogens with one attached hydrogen (secondary N) is 1. The molecule has 4 heteroatoms. The monoisotopic (exact) mass is 275 g/mol. The first kappa shape index (κ1) is 15.0. The van der Waals surface area contributed by atoms with Crippen LogP contribution in [0.15, 0.2) is 30.3 Å². The molecular weight excluding hydrogens is 250 g/mol. The highest BCUT2D eigenvalue weighted by molar-refractivity contribution is 5.86. The third kappa shape index (κ3) is 3.02. The summed E-state index contributed by atoms with van der Waals surface area (Å²) in [6.07, 6.45) is 0. The van der Waals surface area contributed by atoms with Crippen LogP contribution < -0.4 is 5.32 Å². The van der Waals surface area contributed by atoms with Crippen LogP contribution in [0.5, 0.6) is 0 Å². The summed E-state index contributed by atoms with van der Waals surface area (Å²) in [4.78, 5) is 17.1. The lowest BCUT2D eigenvalue weighted by Gasteiger charge is -2.43. The van der Waals surface area contributed by atoms with Gasteiger partial charge >= 0.3 is 0 Å². The molecule has 0 aromatic heterocycles. The summed E-state index contributed by atoms with van der Waals surface area (Å²) in [7, 11) is 3.95. The Hall–Kier alpha value is -1.39. The van der Waals surface area contributed by atoms with Crippen molar-refractivity contribution in [2.75, 3.05) is 33.7 Å². The lowest BCUT2D eigenvalue weighted by Crippen LogP contribution is -2.58. The van der Waals surface area contributed by atoms with Gasteiger partial charge in [-0.25, -0.2) is 0 Å². The van der Waals surface area contributed by atoms with Gasteiger partial charge in [0.05, 0.1) is 11.6 Å². The molecule has 0 spiro atoms. The number of amides is 1. The minimum atomic E-state index is -0.525. The van der Waals surface area contributed by atoms with Crippen LogP contribution in [0.1, 0.15) is 25.5 Å². The van der Waals surface area contributed by atoms with Gasteiger partial charge in [0.2, 0.25) is 5.91 Å². The standard InChI is InChI=1S/C16H25N3O/c1-16(2,17-3)15(20)19-11-10-18(4)12-14(19)13-8-6-5-7-9-13/h5-9,14,17H,10-12H2,1-4H3. The van der Waals surface area contributed by atoms with Crippen molar-refractivity contribution in [3.8, 4) is 0 Å². The number of nitrogens with zero attached hydrogens (tertiary/aromatic N) is 2. The van der Waals surface area contributed by atoms with E-state index >= 15 is 0 Å². The molecule has 4 nitrogen and oxygen atoms in total. The summed E-state index contributed by atoms with van der Waals surface area (Å²) in [6.45, 7) is 6.47. The van der Waals surface area contributed by atoms with Crippen LogP contribution >= 0.6 is 0 Å². The molecule has 1 aliphatic heterocycles. The Morgan fingerprint density at radius 1 is 1.25 bits per heavy atom. The molecule has 1 atom stereocenters. The van der Waals surface area contributed by atoms with Gasteiger partial charge in [-0.1, -0.05) is 30.3 Å². The SMILES string of the molecule is CNC(C)(C)C(=O)N1CCN(C)CC1c1ccccc1. The van der Waals surface area contributed by atoms with Crippen LogP contribution in [0, 0.1) is 0 Å². The van der Waals surface area contributed by atoms with Crippen LogP contribution in [0.2, 0.25) is 0 Å². The molecule has 0 radical (unpaired) electrons. The van der Waals surface area contributed by atoms with Crippen molar-refractivity contribution in [3.05, 3.63) is 35.9 Å². The topological polar surface area (TPSA) is 35.6 Å². The van der Waals surface area contributed by atoms with E-state index in [2.05, 4.69) is 29.4 Å². The highest BCUT2D eigenvalue weighted by Crippen LogP contribution is 2.27. The number of benzene rings is 1. The zero-order chi connectivity index (χ0) is 14.8. The van der Waals surface area contributed by atoms with Crippen molar-refractivity contribution in [2.45, 2.75) is 25.4 Å². The zero-order valence-electron chi connectivity index (χ0n) is 12.9. The summed E-state index contributed by atoms with van der Waals surface area (Å²) in [5, 5.41) is 3.12. The Labute approximate surface area is 121 Å². The number of rotatable bonds is 3. The maximum absolute atomic E-state index is 12.8. The van der Waals surface area contributed by atoms with Crippen molar-refractivity contribution in [3.63, 3.8) is 0 Å². The van der Waals surface area contributed by atoms with Crippen LogP contribution in [0.3, 0.4) is 0 Å². The maximum Gasteiger partial charge on any atom is 0.242 e. The molecule has 1 saturated heterocycles. The Morgan fingerprint density at radius 3 is 2.50 bits per heavy atom. The molecule has 1 fully saturated rings. The molecule has 1 unspecified atom stereocenters. The molecule has 1 amide bonds. The molecule has 0 aliphatic carbocycles. The summed E-state index contributed by atoms with van der Waals surface area (Å²) < 4.78 is 0. The smallest absolute Gasteiger partial charge is 0.242 e. The second kappa shape index (κ2) is 5.94. The van der Waals surface area contributed by atoms with Gasteiger partial charge in [-0.2, -0.15) is 0 Å². The summed E-state index contributed by atoms with van der Waals surface area (Å²) in [5.41, 5.74) is 0.683. The van der Waals surface area contributed by atoms with E-state index < -0.39 is 5.54 Å². The summed E-state index contributed by atoms with van der Waals surface area (Å²) >= 11 is 0. The Bertz CT molecular complexity index is 458. The Kier molecular flexibility index (Phi) is 4.45. The van der Waals surface area contributed by atoms with Crippen molar-refractivity contribution in [1.82, 2.24) is 15.1 Å². The summed E-state index contributed by atoms with van der Waals surface area (Å²) in [6, 6.07) is 10.4. The van der Waals surface area contributed by atoms with Crippen LogP contribution in [-0.4, -0.2) is 55.0 Å². The number of hydrogen-bond acceptors (Lipinski definition) is 3.